The van der Waals surface area contributed by atoms with E-state index in [9.17, 15) is 14.7 Å². The number of rotatable bonds is 2. The molecule has 0 aromatic rings. The van der Waals surface area contributed by atoms with Crippen molar-refractivity contribution in [1.82, 2.24) is 4.90 Å². The molecule has 1 saturated carbocycles. The first-order valence-corrected chi connectivity index (χ1v) is 7.88. The van der Waals surface area contributed by atoms with Crippen molar-refractivity contribution in [2.24, 2.45) is 23.7 Å². The summed E-state index contributed by atoms with van der Waals surface area (Å²) in [6, 6.07) is 0. The average molecular weight is 277 g/mol. The van der Waals surface area contributed by atoms with Crippen LogP contribution in [0.3, 0.4) is 0 Å². The van der Waals surface area contributed by atoms with E-state index < -0.39 is 11.9 Å². The van der Waals surface area contributed by atoms with Crippen molar-refractivity contribution >= 4 is 11.9 Å². The zero-order valence-electron chi connectivity index (χ0n) is 11.8. The van der Waals surface area contributed by atoms with E-state index in [4.69, 9.17) is 0 Å². The molecule has 1 saturated heterocycles. The molecule has 1 amide bonds. The van der Waals surface area contributed by atoms with Gasteiger partial charge >= 0.3 is 5.97 Å². The Hall–Kier alpha value is -1.32. The summed E-state index contributed by atoms with van der Waals surface area (Å²) in [7, 11) is 0. The van der Waals surface area contributed by atoms with E-state index in [2.05, 4.69) is 6.08 Å². The second-order valence-corrected chi connectivity index (χ2v) is 6.42. The largest absolute Gasteiger partial charge is 0.481 e. The van der Waals surface area contributed by atoms with E-state index in [0.717, 1.165) is 38.8 Å². The number of allylic oxidation sites excluding steroid dienone is 2. The summed E-state index contributed by atoms with van der Waals surface area (Å²) < 4.78 is 0. The van der Waals surface area contributed by atoms with Crippen molar-refractivity contribution in [2.45, 2.75) is 38.5 Å². The third kappa shape index (κ3) is 2.36. The van der Waals surface area contributed by atoms with Crippen LogP contribution in [0.25, 0.3) is 0 Å². The van der Waals surface area contributed by atoms with Gasteiger partial charge in [0.05, 0.1) is 11.8 Å². The zero-order chi connectivity index (χ0) is 14.1. The third-order valence-electron chi connectivity index (χ3n) is 5.24. The zero-order valence-corrected chi connectivity index (χ0v) is 11.8. The van der Waals surface area contributed by atoms with Gasteiger partial charge in [-0.1, -0.05) is 25.0 Å². The van der Waals surface area contributed by atoms with Gasteiger partial charge in [0.25, 0.3) is 0 Å². The predicted octanol–water partition coefficient (Wildman–Crippen LogP) is 2.30. The number of carbonyl (C=O) groups is 2. The van der Waals surface area contributed by atoms with Crippen LogP contribution < -0.4 is 0 Å². The molecule has 0 spiro atoms. The maximum atomic E-state index is 12.8. The van der Waals surface area contributed by atoms with E-state index in [1.165, 1.54) is 12.8 Å². The lowest BCUT2D eigenvalue weighted by atomic mass is 9.62. The number of carboxylic acids is 1. The molecule has 0 radical (unpaired) electrons. The SMILES string of the molecule is O=C(O)[C@@H]1[C@H](C(=O)N2CCCCCC2)[C@@H]2C=C[C@H]1CC2. The maximum absolute atomic E-state index is 12.8. The van der Waals surface area contributed by atoms with Crippen LogP contribution in [0.1, 0.15) is 38.5 Å². The lowest BCUT2D eigenvalue weighted by molar-refractivity contribution is -0.156. The molecule has 0 aromatic heterocycles. The molecule has 20 heavy (non-hydrogen) atoms. The van der Waals surface area contributed by atoms with Crippen LogP contribution in [0.2, 0.25) is 0 Å². The normalized spacial score (nSPS) is 36.7. The molecule has 1 N–H and O–H groups in total. The number of amides is 1. The fraction of sp³-hybridized carbons (Fsp3) is 0.750. The number of carbonyl (C=O) groups excluding carboxylic acids is 1. The van der Waals surface area contributed by atoms with Crippen molar-refractivity contribution in [3.63, 3.8) is 0 Å². The van der Waals surface area contributed by atoms with E-state index in [-0.39, 0.29) is 23.7 Å². The number of likely N-dealkylation sites (tertiary alicyclic amines) is 1. The number of nitrogens with zero attached hydrogens (tertiary/aromatic N) is 1. The Morgan fingerprint density at radius 2 is 1.45 bits per heavy atom. The highest BCUT2D eigenvalue weighted by Crippen LogP contribution is 2.45. The topological polar surface area (TPSA) is 57.6 Å². The first-order chi connectivity index (χ1) is 9.68. The smallest absolute Gasteiger partial charge is 0.307 e. The fourth-order valence-corrected chi connectivity index (χ4v) is 4.17. The van der Waals surface area contributed by atoms with E-state index in [1.54, 1.807) is 0 Å². The van der Waals surface area contributed by atoms with Gasteiger partial charge in [0, 0.05) is 13.1 Å². The number of hydrogen-bond donors (Lipinski definition) is 1. The monoisotopic (exact) mass is 277 g/mol. The van der Waals surface area contributed by atoms with Crippen molar-refractivity contribution in [3.8, 4) is 0 Å². The molecule has 4 nitrogen and oxygen atoms in total. The average Bonchev–Trinajstić information content (AvgIpc) is 2.75. The third-order valence-corrected chi connectivity index (χ3v) is 5.24. The van der Waals surface area contributed by atoms with Gasteiger partial charge in [0.2, 0.25) is 5.91 Å². The summed E-state index contributed by atoms with van der Waals surface area (Å²) in [5.41, 5.74) is 0. The van der Waals surface area contributed by atoms with Gasteiger partial charge in [-0.15, -0.1) is 0 Å². The molecule has 4 heteroatoms. The summed E-state index contributed by atoms with van der Waals surface area (Å²) in [4.78, 5) is 26.4. The molecule has 2 fully saturated rings. The summed E-state index contributed by atoms with van der Waals surface area (Å²) in [6.45, 7) is 1.62. The highest BCUT2D eigenvalue weighted by molar-refractivity contribution is 5.86. The first kappa shape index (κ1) is 13.7. The molecule has 3 aliphatic carbocycles. The highest BCUT2D eigenvalue weighted by atomic mass is 16.4. The lowest BCUT2D eigenvalue weighted by Gasteiger charge is -2.43. The fourth-order valence-electron chi connectivity index (χ4n) is 4.17. The molecule has 4 rings (SSSR count). The van der Waals surface area contributed by atoms with Gasteiger partial charge in [0.1, 0.15) is 0 Å². The number of fused-ring (bicyclic) bond motifs is 2. The predicted molar refractivity (Wildman–Crippen MR) is 75.0 cm³/mol. The van der Waals surface area contributed by atoms with E-state index >= 15 is 0 Å². The Morgan fingerprint density at radius 1 is 0.900 bits per heavy atom. The molecule has 110 valence electrons. The van der Waals surface area contributed by atoms with E-state index in [0.29, 0.717) is 0 Å². The molecular formula is C16H23NO3. The van der Waals surface area contributed by atoms with Crippen LogP contribution in [0.15, 0.2) is 12.2 Å². The highest BCUT2D eigenvalue weighted by Gasteiger charge is 2.49. The van der Waals surface area contributed by atoms with Crippen molar-refractivity contribution in [1.29, 1.82) is 0 Å². The van der Waals surface area contributed by atoms with Crippen LogP contribution >= 0.6 is 0 Å². The minimum atomic E-state index is -0.794. The number of aliphatic carboxylic acids is 1. The van der Waals surface area contributed by atoms with Crippen LogP contribution in [-0.2, 0) is 9.59 Å². The van der Waals surface area contributed by atoms with Gasteiger partial charge in [-0.2, -0.15) is 0 Å². The molecule has 1 aliphatic heterocycles. The van der Waals surface area contributed by atoms with Crippen molar-refractivity contribution in [3.05, 3.63) is 12.2 Å². The van der Waals surface area contributed by atoms with Crippen LogP contribution in [0.5, 0.6) is 0 Å². The number of hydrogen-bond acceptors (Lipinski definition) is 2. The molecule has 0 unspecified atom stereocenters. The summed E-state index contributed by atoms with van der Waals surface area (Å²) in [6.07, 6.45) is 10.5. The lowest BCUT2D eigenvalue weighted by Crippen LogP contribution is -2.50. The Kier molecular flexibility index (Phi) is 3.81. The van der Waals surface area contributed by atoms with E-state index in [1.807, 2.05) is 11.0 Å². The quantitative estimate of drug-likeness (QED) is 0.788. The Morgan fingerprint density at radius 3 is 1.95 bits per heavy atom. The van der Waals surface area contributed by atoms with Crippen LogP contribution in [0.4, 0.5) is 0 Å². The second-order valence-electron chi connectivity index (χ2n) is 6.42. The molecule has 2 bridgehead atoms. The van der Waals surface area contributed by atoms with Gasteiger partial charge in [-0.25, -0.2) is 0 Å². The van der Waals surface area contributed by atoms with Gasteiger partial charge < -0.3 is 10.0 Å². The number of carboxylic acid groups (broad SMARTS) is 1. The Bertz CT molecular complexity index is 423. The molecule has 4 aliphatic rings. The maximum Gasteiger partial charge on any atom is 0.307 e. The Labute approximate surface area is 119 Å². The minimum Gasteiger partial charge on any atom is -0.481 e. The van der Waals surface area contributed by atoms with Crippen molar-refractivity contribution < 1.29 is 14.7 Å². The summed E-state index contributed by atoms with van der Waals surface area (Å²) >= 11 is 0. The molecular weight excluding hydrogens is 254 g/mol. The molecule has 4 atom stereocenters. The molecule has 1 heterocycles. The van der Waals surface area contributed by atoms with Gasteiger partial charge in [0.15, 0.2) is 0 Å². The van der Waals surface area contributed by atoms with Crippen LogP contribution in [0, 0.1) is 23.7 Å². The first-order valence-electron chi connectivity index (χ1n) is 7.88. The standard InChI is InChI=1S/C16H23NO3/c18-15(17-9-3-1-2-4-10-17)13-11-5-7-12(8-6-11)14(13)16(19)20/h5,7,11-14H,1-4,6,8-10H2,(H,19,20)/t11-,12+,13-,14+/m1/s1. The molecule has 0 aromatic carbocycles. The van der Waals surface area contributed by atoms with Gasteiger partial charge in [-0.3, -0.25) is 9.59 Å². The van der Waals surface area contributed by atoms with Crippen molar-refractivity contribution in [2.75, 3.05) is 13.1 Å². The van der Waals surface area contributed by atoms with Gasteiger partial charge in [-0.05, 0) is 37.5 Å². The van der Waals surface area contributed by atoms with Crippen LogP contribution in [-0.4, -0.2) is 35.0 Å². The Balaban J connectivity index is 1.81. The second kappa shape index (κ2) is 5.58. The minimum absolute atomic E-state index is 0.0541. The summed E-state index contributed by atoms with van der Waals surface area (Å²) in [5.74, 6) is -1.34. The summed E-state index contributed by atoms with van der Waals surface area (Å²) in [5, 5.41) is 9.53.